The maximum Gasteiger partial charge on any atom is 0.368 e. The van der Waals surface area contributed by atoms with E-state index in [4.69, 9.17) is 9.78 Å². The van der Waals surface area contributed by atoms with Crippen LogP contribution in [0, 0.1) is 22.7 Å². The first-order valence-electron chi connectivity index (χ1n) is 9.35. The van der Waals surface area contributed by atoms with Crippen molar-refractivity contribution >= 4 is 23.5 Å². The molecule has 0 N–H and O–H groups in total. The largest absolute Gasteiger partial charge is 0.368 e. The summed E-state index contributed by atoms with van der Waals surface area (Å²) in [5, 5.41) is 0. The number of hydrogen-bond acceptors (Lipinski definition) is 6. The molecule has 0 amide bonds. The second kappa shape index (κ2) is 9.83. The van der Waals surface area contributed by atoms with E-state index in [-0.39, 0.29) is 49.1 Å². The molecule has 6 heteroatoms. The van der Waals surface area contributed by atoms with Crippen LogP contribution in [0.1, 0.15) is 81.1 Å². The molecule has 0 aliphatic carbocycles. The molecule has 0 fully saturated rings. The van der Waals surface area contributed by atoms with E-state index in [2.05, 4.69) is 0 Å². The lowest BCUT2D eigenvalue weighted by molar-refractivity contribution is -0.271. The minimum absolute atomic E-state index is 0.0979. The van der Waals surface area contributed by atoms with Crippen molar-refractivity contribution in [3.8, 4) is 0 Å². The SMILES string of the molecule is CCC(C)(C(=O)CC(C)C)C(=O)OOC(=O)C(C)(CC)C(=O)CC(C)C. The predicted molar refractivity (Wildman–Crippen MR) is 97.9 cm³/mol. The average Bonchev–Trinajstić information content (AvgIpc) is 2.56. The molecule has 0 spiro atoms. The molecule has 6 nitrogen and oxygen atoms in total. The first kappa shape index (κ1) is 24.3. The highest BCUT2D eigenvalue weighted by Gasteiger charge is 2.45. The summed E-state index contributed by atoms with van der Waals surface area (Å²) in [5.74, 6) is -2.14. The molecule has 0 saturated carbocycles. The maximum absolute atomic E-state index is 12.4. The summed E-state index contributed by atoms with van der Waals surface area (Å²) < 4.78 is 0. The fourth-order valence-corrected chi connectivity index (χ4v) is 2.36. The van der Waals surface area contributed by atoms with Crippen LogP contribution < -0.4 is 0 Å². The predicted octanol–water partition coefficient (Wildman–Crippen LogP) is 4.05. The van der Waals surface area contributed by atoms with E-state index in [1.54, 1.807) is 13.8 Å². The highest BCUT2D eigenvalue weighted by molar-refractivity contribution is 6.05. The Hall–Kier alpha value is -1.72. The Bertz CT molecular complexity index is 488. The smallest absolute Gasteiger partial charge is 0.298 e. The average molecular weight is 370 g/mol. The summed E-state index contributed by atoms with van der Waals surface area (Å²) in [6.07, 6.45) is 0.915. The first-order chi connectivity index (χ1) is 11.8. The summed E-state index contributed by atoms with van der Waals surface area (Å²) in [5.41, 5.74) is -2.76. The third-order valence-corrected chi connectivity index (χ3v) is 4.93. The molecule has 0 radical (unpaired) electrons. The molecule has 150 valence electrons. The van der Waals surface area contributed by atoms with Gasteiger partial charge in [-0.15, -0.1) is 0 Å². The minimum atomic E-state index is -1.38. The number of hydrogen-bond donors (Lipinski definition) is 0. The van der Waals surface area contributed by atoms with E-state index in [1.165, 1.54) is 13.8 Å². The lowest BCUT2D eigenvalue weighted by Crippen LogP contribution is -2.41. The summed E-state index contributed by atoms with van der Waals surface area (Å²) in [6.45, 7) is 13.9. The van der Waals surface area contributed by atoms with Crippen molar-refractivity contribution in [2.45, 2.75) is 81.1 Å². The van der Waals surface area contributed by atoms with E-state index in [1.807, 2.05) is 27.7 Å². The van der Waals surface area contributed by atoms with Gasteiger partial charge in [0.15, 0.2) is 0 Å². The van der Waals surface area contributed by atoms with Crippen molar-refractivity contribution < 1.29 is 29.0 Å². The van der Waals surface area contributed by atoms with Crippen molar-refractivity contribution in [2.75, 3.05) is 0 Å². The van der Waals surface area contributed by atoms with E-state index < -0.39 is 22.8 Å². The molecule has 0 aromatic rings. The van der Waals surface area contributed by atoms with Crippen molar-refractivity contribution in [3.05, 3.63) is 0 Å². The van der Waals surface area contributed by atoms with Gasteiger partial charge in [-0.3, -0.25) is 9.59 Å². The molecule has 0 saturated heterocycles. The summed E-state index contributed by atoms with van der Waals surface area (Å²) in [4.78, 5) is 58.9. The molecule has 0 rings (SSSR count). The number of carbonyl (C=O) groups is 4. The van der Waals surface area contributed by atoms with Gasteiger partial charge >= 0.3 is 11.9 Å². The van der Waals surface area contributed by atoms with Crippen LogP contribution in [0.15, 0.2) is 0 Å². The van der Waals surface area contributed by atoms with Gasteiger partial charge in [-0.1, -0.05) is 41.5 Å². The Morgan fingerprint density at radius 2 is 0.962 bits per heavy atom. The van der Waals surface area contributed by atoms with Gasteiger partial charge in [0.2, 0.25) is 0 Å². The third kappa shape index (κ3) is 5.92. The van der Waals surface area contributed by atoms with Gasteiger partial charge in [-0.25, -0.2) is 19.4 Å². The molecule has 0 aliphatic heterocycles. The highest BCUT2D eigenvalue weighted by atomic mass is 17.2. The molecule has 0 bridgehead atoms. The number of carbonyl (C=O) groups excluding carboxylic acids is 4. The topological polar surface area (TPSA) is 86.7 Å². The van der Waals surface area contributed by atoms with Gasteiger partial charge in [0.1, 0.15) is 22.4 Å². The molecule has 0 aromatic heterocycles. The Morgan fingerprint density at radius 1 is 0.692 bits per heavy atom. The van der Waals surface area contributed by atoms with Crippen LogP contribution in [0.5, 0.6) is 0 Å². The molecule has 0 heterocycles. The van der Waals surface area contributed by atoms with Gasteiger partial charge in [0.05, 0.1) is 0 Å². The lowest BCUT2D eigenvalue weighted by Gasteiger charge is -2.26. The zero-order valence-electron chi connectivity index (χ0n) is 17.4. The Balaban J connectivity index is 5.13. The zero-order valence-corrected chi connectivity index (χ0v) is 17.4. The Labute approximate surface area is 156 Å². The van der Waals surface area contributed by atoms with Crippen molar-refractivity contribution in [1.29, 1.82) is 0 Å². The first-order valence-corrected chi connectivity index (χ1v) is 9.35. The number of rotatable bonds is 10. The maximum atomic E-state index is 12.4. The van der Waals surface area contributed by atoms with Crippen LogP contribution in [0.4, 0.5) is 0 Å². The molecule has 0 aliphatic rings. The van der Waals surface area contributed by atoms with E-state index in [9.17, 15) is 19.2 Å². The highest BCUT2D eigenvalue weighted by Crippen LogP contribution is 2.30. The molecule has 0 aromatic carbocycles. The van der Waals surface area contributed by atoms with Crippen LogP contribution in [-0.2, 0) is 29.0 Å². The van der Waals surface area contributed by atoms with Gasteiger partial charge < -0.3 is 0 Å². The van der Waals surface area contributed by atoms with E-state index in [0.717, 1.165) is 0 Å². The van der Waals surface area contributed by atoms with Gasteiger partial charge in [-0.05, 0) is 38.5 Å². The minimum Gasteiger partial charge on any atom is -0.298 e. The Kier molecular flexibility index (Phi) is 9.18. The van der Waals surface area contributed by atoms with Gasteiger partial charge in [0, 0.05) is 12.8 Å². The van der Waals surface area contributed by atoms with Crippen molar-refractivity contribution in [1.82, 2.24) is 0 Å². The van der Waals surface area contributed by atoms with E-state index in [0.29, 0.717) is 0 Å². The van der Waals surface area contributed by atoms with Gasteiger partial charge in [0.25, 0.3) is 0 Å². The zero-order chi connectivity index (χ0) is 20.7. The second-order valence-electron chi connectivity index (χ2n) is 8.16. The van der Waals surface area contributed by atoms with Crippen molar-refractivity contribution in [2.24, 2.45) is 22.7 Å². The fraction of sp³-hybridized carbons (Fsp3) is 0.800. The third-order valence-electron chi connectivity index (χ3n) is 4.93. The molecular weight excluding hydrogens is 336 g/mol. The van der Waals surface area contributed by atoms with E-state index >= 15 is 0 Å². The fourth-order valence-electron chi connectivity index (χ4n) is 2.36. The van der Waals surface area contributed by atoms with Gasteiger partial charge in [-0.2, -0.15) is 0 Å². The summed E-state index contributed by atoms with van der Waals surface area (Å²) >= 11 is 0. The summed E-state index contributed by atoms with van der Waals surface area (Å²) in [7, 11) is 0. The monoisotopic (exact) mass is 370 g/mol. The van der Waals surface area contributed by atoms with Crippen LogP contribution >= 0.6 is 0 Å². The lowest BCUT2D eigenvalue weighted by atomic mass is 9.79. The van der Waals surface area contributed by atoms with Crippen LogP contribution in [0.25, 0.3) is 0 Å². The quantitative estimate of drug-likeness (QED) is 0.327. The molecular formula is C20H34O6. The normalized spacial score (nSPS) is 15.9. The molecule has 26 heavy (non-hydrogen) atoms. The second-order valence-corrected chi connectivity index (χ2v) is 8.16. The van der Waals surface area contributed by atoms with Crippen molar-refractivity contribution in [3.63, 3.8) is 0 Å². The number of Topliss-reactive ketones (excluding diaryl/α,β-unsaturated/α-hetero) is 2. The Morgan fingerprint density at radius 3 is 1.15 bits per heavy atom. The summed E-state index contributed by atoms with van der Waals surface area (Å²) in [6, 6.07) is 0. The standard InChI is InChI=1S/C20H34O6/c1-9-19(7,15(21)11-13(3)4)17(23)25-26-18(24)20(8,10-2)16(22)12-14(5)6/h13-14H,9-12H2,1-8H3. The van der Waals surface area contributed by atoms with Crippen LogP contribution in [0.2, 0.25) is 0 Å². The van der Waals surface area contributed by atoms with Crippen LogP contribution in [0.3, 0.4) is 0 Å². The van der Waals surface area contributed by atoms with Crippen LogP contribution in [-0.4, -0.2) is 23.5 Å². The number of ketones is 2. The molecule has 2 unspecified atom stereocenters. The molecule has 2 atom stereocenters.